The summed E-state index contributed by atoms with van der Waals surface area (Å²) in [5.74, 6) is 0.795. The summed E-state index contributed by atoms with van der Waals surface area (Å²) in [4.78, 5) is 19.0. The fourth-order valence-corrected chi connectivity index (χ4v) is 2.08. The maximum absolute atomic E-state index is 11.2. The zero-order valence-corrected chi connectivity index (χ0v) is 14.4. The van der Waals surface area contributed by atoms with Crippen LogP contribution in [0.3, 0.4) is 0 Å². The molecule has 0 bridgehead atoms. The molecule has 2 rings (SSSR count). The van der Waals surface area contributed by atoms with Crippen LogP contribution in [0.15, 0.2) is 30.5 Å². The average molecular weight is 367 g/mol. The lowest BCUT2D eigenvalue weighted by atomic mass is 10.3. The van der Waals surface area contributed by atoms with Gasteiger partial charge in [-0.05, 0) is 49.2 Å². The number of carbonyl (C=O) groups is 1. The number of aromatic nitrogens is 2. The molecule has 25 heavy (non-hydrogen) atoms. The summed E-state index contributed by atoms with van der Waals surface area (Å²) in [7, 11) is 0. The highest BCUT2D eigenvalue weighted by Crippen LogP contribution is 2.24. The molecule has 0 saturated heterocycles. The molecule has 0 aliphatic heterocycles. The van der Waals surface area contributed by atoms with Crippen LogP contribution in [0.2, 0.25) is 5.28 Å². The second-order valence-corrected chi connectivity index (χ2v) is 5.26. The van der Waals surface area contributed by atoms with Crippen molar-refractivity contribution in [3.8, 4) is 5.75 Å². The number of carbonyl (C=O) groups excluding carboxylic acids is 1. The first-order valence-electron chi connectivity index (χ1n) is 7.70. The molecule has 1 aromatic carbocycles. The molecule has 0 aliphatic carbocycles. The molecule has 0 unspecified atom stereocenters. The third-order valence-electron chi connectivity index (χ3n) is 3.10. The number of nitrogens with zero attached hydrogens (tertiary/aromatic N) is 2. The quantitative estimate of drug-likeness (QED) is 0.268. The van der Waals surface area contributed by atoms with Gasteiger partial charge in [-0.1, -0.05) is 0 Å². The predicted molar refractivity (Wildman–Crippen MR) is 93.5 cm³/mol. The molecule has 0 atom stereocenters. The Bertz CT molecular complexity index is 697. The molecule has 0 fully saturated rings. The Morgan fingerprint density at radius 3 is 2.76 bits per heavy atom. The van der Waals surface area contributed by atoms with Gasteiger partial charge in [-0.3, -0.25) is 15.5 Å². The first-order chi connectivity index (χ1) is 12.1. The van der Waals surface area contributed by atoms with E-state index in [0.29, 0.717) is 43.3 Å². The molecule has 8 nitrogen and oxygen atoms in total. The third kappa shape index (κ3) is 6.09. The number of benzene rings is 1. The zero-order chi connectivity index (χ0) is 18.1. The van der Waals surface area contributed by atoms with Crippen molar-refractivity contribution in [2.45, 2.75) is 19.8 Å². The van der Waals surface area contributed by atoms with Gasteiger partial charge in [0.05, 0.1) is 19.4 Å². The van der Waals surface area contributed by atoms with E-state index in [0.717, 1.165) is 5.69 Å². The zero-order valence-electron chi connectivity index (χ0n) is 13.7. The van der Waals surface area contributed by atoms with E-state index in [1.165, 1.54) is 6.20 Å². The van der Waals surface area contributed by atoms with Crippen molar-refractivity contribution >= 4 is 34.8 Å². The van der Waals surface area contributed by atoms with Crippen LogP contribution in [0.5, 0.6) is 5.75 Å². The largest absolute Gasteiger partial charge is 0.494 e. The molecule has 0 radical (unpaired) electrons. The van der Waals surface area contributed by atoms with Crippen LogP contribution in [0, 0.1) is 0 Å². The lowest BCUT2D eigenvalue weighted by molar-refractivity contribution is -0.143. The van der Waals surface area contributed by atoms with Crippen molar-refractivity contribution in [3.05, 3.63) is 35.7 Å². The minimum absolute atomic E-state index is 0.0584. The maximum Gasteiger partial charge on any atom is 0.305 e. The monoisotopic (exact) mass is 366 g/mol. The minimum Gasteiger partial charge on any atom is -0.494 e. The number of halogens is 1. The molecule has 1 heterocycles. The average Bonchev–Trinajstić information content (AvgIpc) is 2.60. The van der Waals surface area contributed by atoms with E-state index in [2.05, 4.69) is 15.3 Å². The van der Waals surface area contributed by atoms with E-state index in [1.807, 2.05) is 5.48 Å². The van der Waals surface area contributed by atoms with E-state index >= 15 is 0 Å². The van der Waals surface area contributed by atoms with Crippen molar-refractivity contribution in [1.82, 2.24) is 9.97 Å². The third-order valence-corrected chi connectivity index (χ3v) is 3.28. The van der Waals surface area contributed by atoms with Gasteiger partial charge in [-0.15, -0.1) is 0 Å². The Morgan fingerprint density at radius 1 is 1.32 bits per heavy atom. The number of esters is 1. The number of hydrogen-bond donors (Lipinski definition) is 3. The Kier molecular flexibility index (Phi) is 7.24. The second kappa shape index (κ2) is 9.65. The fraction of sp³-hybridized carbons (Fsp3) is 0.312. The number of anilines is 3. The Balaban J connectivity index is 1.86. The van der Waals surface area contributed by atoms with E-state index < -0.39 is 0 Å². The van der Waals surface area contributed by atoms with Gasteiger partial charge in [0.2, 0.25) is 5.28 Å². The summed E-state index contributed by atoms with van der Waals surface area (Å²) in [6, 6.07) is 7.14. The van der Waals surface area contributed by atoms with Crippen LogP contribution >= 0.6 is 11.6 Å². The van der Waals surface area contributed by atoms with Crippen molar-refractivity contribution in [3.63, 3.8) is 0 Å². The number of hydrogen-bond acceptors (Lipinski definition) is 8. The van der Waals surface area contributed by atoms with Gasteiger partial charge < -0.3 is 14.8 Å². The molecule has 9 heteroatoms. The molecular weight excluding hydrogens is 348 g/mol. The van der Waals surface area contributed by atoms with Gasteiger partial charge in [0, 0.05) is 12.1 Å². The minimum atomic E-state index is -0.220. The Morgan fingerprint density at radius 2 is 2.08 bits per heavy atom. The van der Waals surface area contributed by atoms with Crippen molar-refractivity contribution in [2.24, 2.45) is 0 Å². The molecule has 0 saturated carbocycles. The van der Waals surface area contributed by atoms with Crippen LogP contribution in [0.25, 0.3) is 0 Å². The number of rotatable bonds is 9. The van der Waals surface area contributed by atoms with Crippen molar-refractivity contribution < 1.29 is 19.5 Å². The standard InChI is InChI=1S/C16H19ClN4O4/c1-2-24-14(22)4-3-9-25-12-7-5-11(6-8-12)19-15-13(21-23)10-18-16(17)20-15/h5-8,10,21,23H,2-4,9H2,1H3,(H,18,19,20). The topological polar surface area (TPSA) is 106 Å². The lowest BCUT2D eigenvalue weighted by Gasteiger charge is -2.11. The van der Waals surface area contributed by atoms with Crippen LogP contribution in [0.4, 0.5) is 17.2 Å². The van der Waals surface area contributed by atoms with E-state index in [-0.39, 0.29) is 11.3 Å². The molecule has 134 valence electrons. The summed E-state index contributed by atoms with van der Waals surface area (Å²) < 4.78 is 10.4. The molecule has 2 aromatic rings. The first kappa shape index (κ1) is 18.8. The van der Waals surface area contributed by atoms with Crippen molar-refractivity contribution in [1.29, 1.82) is 0 Å². The summed E-state index contributed by atoms with van der Waals surface area (Å²) in [5.41, 5.74) is 3.02. The van der Waals surface area contributed by atoms with Crippen LogP contribution in [-0.2, 0) is 9.53 Å². The van der Waals surface area contributed by atoms with Crippen LogP contribution < -0.4 is 15.5 Å². The summed E-state index contributed by atoms with van der Waals surface area (Å²) in [6.07, 6.45) is 2.28. The first-order valence-corrected chi connectivity index (χ1v) is 8.08. The van der Waals surface area contributed by atoms with Crippen LogP contribution in [0.1, 0.15) is 19.8 Å². The maximum atomic E-state index is 11.2. The lowest BCUT2D eigenvalue weighted by Crippen LogP contribution is -2.06. The molecule has 0 spiro atoms. The van der Waals surface area contributed by atoms with Gasteiger partial charge in [-0.2, -0.15) is 4.98 Å². The molecular formula is C16H19ClN4O4. The normalized spacial score (nSPS) is 10.2. The van der Waals surface area contributed by atoms with Gasteiger partial charge >= 0.3 is 5.97 Å². The highest BCUT2D eigenvalue weighted by Gasteiger charge is 2.07. The van der Waals surface area contributed by atoms with E-state index in [9.17, 15) is 4.79 Å². The van der Waals surface area contributed by atoms with Gasteiger partial charge in [0.25, 0.3) is 0 Å². The summed E-state index contributed by atoms with van der Waals surface area (Å²) >= 11 is 5.75. The SMILES string of the molecule is CCOC(=O)CCCOc1ccc(Nc2nc(Cl)ncc2NO)cc1. The van der Waals surface area contributed by atoms with Gasteiger partial charge in [0.15, 0.2) is 5.82 Å². The number of ether oxygens (including phenoxy) is 2. The second-order valence-electron chi connectivity index (χ2n) is 4.92. The number of nitrogens with one attached hydrogen (secondary N) is 2. The molecule has 1 aromatic heterocycles. The smallest absolute Gasteiger partial charge is 0.305 e. The molecule has 0 amide bonds. The molecule has 0 aliphatic rings. The fourth-order valence-electron chi connectivity index (χ4n) is 1.95. The van der Waals surface area contributed by atoms with E-state index in [4.69, 9.17) is 26.3 Å². The van der Waals surface area contributed by atoms with Gasteiger partial charge in [-0.25, -0.2) is 4.98 Å². The predicted octanol–water partition coefficient (Wildman–Crippen LogP) is 3.40. The molecule has 3 N–H and O–H groups in total. The van der Waals surface area contributed by atoms with E-state index in [1.54, 1.807) is 31.2 Å². The van der Waals surface area contributed by atoms with Crippen LogP contribution in [-0.4, -0.2) is 34.4 Å². The van der Waals surface area contributed by atoms with Gasteiger partial charge in [0.1, 0.15) is 11.4 Å². The Labute approximate surface area is 150 Å². The highest BCUT2D eigenvalue weighted by atomic mass is 35.5. The summed E-state index contributed by atoms with van der Waals surface area (Å²) in [6.45, 7) is 2.59. The Hall–Kier alpha value is -2.58. The summed E-state index contributed by atoms with van der Waals surface area (Å²) in [5, 5.41) is 12.1. The van der Waals surface area contributed by atoms with Crippen molar-refractivity contribution in [2.75, 3.05) is 24.0 Å². The highest BCUT2D eigenvalue weighted by molar-refractivity contribution is 6.28.